The standard InChI is InChI=1S/C22H25NO6/c1-21(2)26-15-16(27-21)18-20(29-22(3,4)28-18)25-17(15)19(24)23-14-11-7-9-12-8-5-6-10-13(12)14/h5-11,15-18,20H,1-4H3,(H,23,24)/t15-,16+,17+,18-,20+/m1/s1. The number of hydrogen-bond acceptors (Lipinski definition) is 6. The number of ether oxygens (including phenoxy) is 5. The van der Waals surface area contributed by atoms with Gasteiger partial charge in [-0.25, -0.2) is 0 Å². The molecule has 0 unspecified atom stereocenters. The van der Waals surface area contributed by atoms with Gasteiger partial charge >= 0.3 is 0 Å². The van der Waals surface area contributed by atoms with Crippen molar-refractivity contribution in [2.45, 2.75) is 70.0 Å². The lowest BCUT2D eigenvalue weighted by Gasteiger charge is -2.36. The first-order chi connectivity index (χ1) is 13.7. The van der Waals surface area contributed by atoms with Gasteiger partial charge in [0.1, 0.15) is 18.3 Å². The highest BCUT2D eigenvalue weighted by Gasteiger charge is 2.62. The van der Waals surface area contributed by atoms with Gasteiger partial charge in [0.25, 0.3) is 5.91 Å². The average molecular weight is 399 g/mol. The van der Waals surface area contributed by atoms with E-state index in [9.17, 15) is 4.79 Å². The monoisotopic (exact) mass is 399 g/mol. The molecule has 5 atom stereocenters. The van der Waals surface area contributed by atoms with Crippen LogP contribution in [0.1, 0.15) is 27.7 Å². The van der Waals surface area contributed by atoms with Gasteiger partial charge in [0.15, 0.2) is 24.0 Å². The fraction of sp³-hybridized carbons (Fsp3) is 0.500. The minimum Gasteiger partial charge on any atom is -0.342 e. The second-order valence-corrected chi connectivity index (χ2v) is 8.61. The SMILES string of the molecule is CC1(C)O[C@H]2[C@@H](O1)[C@@H](C(=O)Nc1cccc3ccccc13)O[C@H]1OC(C)(C)O[C@@H]12. The third-order valence-electron chi connectivity index (χ3n) is 5.46. The van der Waals surface area contributed by atoms with Gasteiger partial charge < -0.3 is 29.0 Å². The Morgan fingerprint density at radius 1 is 0.828 bits per heavy atom. The zero-order valence-corrected chi connectivity index (χ0v) is 16.9. The summed E-state index contributed by atoms with van der Waals surface area (Å²) in [5, 5.41) is 5.00. The van der Waals surface area contributed by atoms with Crippen molar-refractivity contribution in [3.05, 3.63) is 42.5 Å². The molecule has 2 aromatic rings. The number of carbonyl (C=O) groups excluding carboxylic acids is 1. The second-order valence-electron chi connectivity index (χ2n) is 8.61. The summed E-state index contributed by atoms with van der Waals surface area (Å²) in [6.07, 6.45) is -3.11. The predicted octanol–water partition coefficient (Wildman–Crippen LogP) is 3.17. The maximum Gasteiger partial charge on any atom is 0.256 e. The van der Waals surface area contributed by atoms with E-state index in [0.717, 1.165) is 16.5 Å². The van der Waals surface area contributed by atoms with E-state index >= 15 is 0 Å². The van der Waals surface area contributed by atoms with E-state index in [2.05, 4.69) is 5.32 Å². The summed E-state index contributed by atoms with van der Waals surface area (Å²) in [6.45, 7) is 7.27. The van der Waals surface area contributed by atoms with E-state index in [0.29, 0.717) is 0 Å². The quantitative estimate of drug-likeness (QED) is 0.836. The van der Waals surface area contributed by atoms with Crippen molar-refractivity contribution in [2.24, 2.45) is 0 Å². The Kier molecular flexibility index (Phi) is 4.24. The van der Waals surface area contributed by atoms with Crippen LogP contribution in [0.25, 0.3) is 10.8 Å². The second kappa shape index (κ2) is 6.48. The van der Waals surface area contributed by atoms with E-state index in [1.165, 1.54) is 0 Å². The van der Waals surface area contributed by atoms with Gasteiger partial charge in [-0.15, -0.1) is 0 Å². The lowest BCUT2D eigenvalue weighted by atomic mass is 9.98. The van der Waals surface area contributed by atoms with Crippen molar-refractivity contribution in [2.75, 3.05) is 5.32 Å². The van der Waals surface area contributed by atoms with E-state index < -0.39 is 42.3 Å². The maximum absolute atomic E-state index is 13.2. The molecule has 7 nitrogen and oxygen atoms in total. The Labute approximate surface area is 169 Å². The number of nitrogens with one attached hydrogen (secondary N) is 1. The van der Waals surface area contributed by atoms with Gasteiger partial charge in [-0.1, -0.05) is 36.4 Å². The summed E-state index contributed by atoms with van der Waals surface area (Å²) >= 11 is 0. The normalized spacial score (nSPS) is 34.6. The maximum atomic E-state index is 13.2. The van der Waals surface area contributed by atoms with Gasteiger partial charge in [-0.2, -0.15) is 0 Å². The van der Waals surface area contributed by atoms with Crippen LogP contribution in [-0.4, -0.2) is 48.2 Å². The van der Waals surface area contributed by atoms with Gasteiger partial charge in [0, 0.05) is 11.1 Å². The van der Waals surface area contributed by atoms with Crippen molar-refractivity contribution in [3.8, 4) is 0 Å². The highest BCUT2D eigenvalue weighted by Crippen LogP contribution is 2.44. The molecule has 0 aliphatic carbocycles. The minimum absolute atomic E-state index is 0.301. The highest BCUT2D eigenvalue weighted by molar-refractivity contribution is 6.03. The molecule has 0 radical (unpaired) electrons. The molecule has 154 valence electrons. The number of rotatable bonds is 2. The summed E-state index contributed by atoms with van der Waals surface area (Å²) in [7, 11) is 0. The number of benzene rings is 2. The van der Waals surface area contributed by atoms with Crippen LogP contribution in [0, 0.1) is 0 Å². The van der Waals surface area contributed by atoms with Crippen LogP contribution in [0.4, 0.5) is 5.69 Å². The average Bonchev–Trinajstić information content (AvgIpc) is 3.15. The minimum atomic E-state index is -0.889. The van der Waals surface area contributed by atoms with Crippen LogP contribution in [-0.2, 0) is 28.5 Å². The number of fused-ring (bicyclic) bond motifs is 4. The van der Waals surface area contributed by atoms with Gasteiger partial charge in [0.2, 0.25) is 0 Å². The molecule has 3 aliphatic heterocycles. The Morgan fingerprint density at radius 2 is 1.48 bits per heavy atom. The van der Waals surface area contributed by atoms with Gasteiger partial charge in [-0.05, 0) is 39.1 Å². The van der Waals surface area contributed by atoms with Gasteiger partial charge in [0.05, 0.1) is 0 Å². The van der Waals surface area contributed by atoms with Crippen molar-refractivity contribution >= 4 is 22.4 Å². The van der Waals surface area contributed by atoms with Crippen molar-refractivity contribution in [1.29, 1.82) is 0 Å². The molecular formula is C22H25NO6. The molecule has 5 rings (SSSR count). The molecule has 0 saturated carbocycles. The Hall–Kier alpha value is -2.03. The first-order valence-corrected chi connectivity index (χ1v) is 9.88. The van der Waals surface area contributed by atoms with Crippen LogP contribution in [0.15, 0.2) is 42.5 Å². The summed E-state index contributed by atoms with van der Waals surface area (Å²) in [5.74, 6) is -1.97. The molecule has 3 fully saturated rings. The van der Waals surface area contributed by atoms with Gasteiger partial charge in [-0.3, -0.25) is 4.79 Å². The summed E-state index contributed by atoms with van der Waals surface area (Å²) in [6, 6.07) is 13.7. The first kappa shape index (κ1) is 19.0. The fourth-order valence-corrected chi connectivity index (χ4v) is 4.36. The molecule has 3 aliphatic rings. The predicted molar refractivity (Wildman–Crippen MR) is 105 cm³/mol. The molecule has 7 heteroatoms. The molecule has 0 aromatic heterocycles. The zero-order valence-electron chi connectivity index (χ0n) is 16.9. The largest absolute Gasteiger partial charge is 0.342 e. The number of carbonyl (C=O) groups is 1. The molecule has 3 saturated heterocycles. The lowest BCUT2D eigenvalue weighted by molar-refractivity contribution is -0.229. The Balaban J connectivity index is 1.44. The van der Waals surface area contributed by atoms with E-state index in [4.69, 9.17) is 23.7 Å². The van der Waals surface area contributed by atoms with E-state index in [-0.39, 0.29) is 5.91 Å². The molecule has 1 N–H and O–H groups in total. The molecule has 3 heterocycles. The Bertz CT molecular complexity index is 952. The van der Waals surface area contributed by atoms with Crippen molar-refractivity contribution in [3.63, 3.8) is 0 Å². The number of amides is 1. The summed E-state index contributed by atoms with van der Waals surface area (Å²) < 4.78 is 30.0. The van der Waals surface area contributed by atoms with Crippen LogP contribution < -0.4 is 5.32 Å². The molecule has 0 bridgehead atoms. The Morgan fingerprint density at radius 3 is 2.31 bits per heavy atom. The molecular weight excluding hydrogens is 374 g/mol. The summed E-state index contributed by atoms with van der Waals surface area (Å²) in [4.78, 5) is 13.2. The fourth-order valence-electron chi connectivity index (χ4n) is 4.36. The third-order valence-corrected chi connectivity index (χ3v) is 5.46. The molecule has 29 heavy (non-hydrogen) atoms. The smallest absolute Gasteiger partial charge is 0.256 e. The van der Waals surface area contributed by atoms with E-state index in [1.807, 2.05) is 70.2 Å². The number of hydrogen-bond donors (Lipinski definition) is 1. The van der Waals surface area contributed by atoms with Crippen LogP contribution in [0.2, 0.25) is 0 Å². The van der Waals surface area contributed by atoms with E-state index in [1.54, 1.807) is 0 Å². The molecule has 1 amide bonds. The first-order valence-electron chi connectivity index (χ1n) is 9.88. The lowest BCUT2D eigenvalue weighted by Crippen LogP contribution is -2.58. The van der Waals surface area contributed by atoms with Crippen LogP contribution in [0.5, 0.6) is 0 Å². The van der Waals surface area contributed by atoms with Crippen molar-refractivity contribution < 1.29 is 28.5 Å². The zero-order chi connectivity index (χ0) is 20.4. The number of anilines is 1. The third kappa shape index (κ3) is 3.33. The van der Waals surface area contributed by atoms with Crippen LogP contribution >= 0.6 is 0 Å². The summed E-state index contributed by atoms with van der Waals surface area (Å²) in [5.41, 5.74) is 0.720. The highest BCUT2D eigenvalue weighted by atomic mass is 16.9. The van der Waals surface area contributed by atoms with Crippen LogP contribution in [0.3, 0.4) is 0 Å². The molecule has 2 aromatic carbocycles. The molecule has 0 spiro atoms. The van der Waals surface area contributed by atoms with Crippen molar-refractivity contribution in [1.82, 2.24) is 0 Å². The topological polar surface area (TPSA) is 75.3 Å².